The molecule has 0 saturated heterocycles. The van der Waals surface area contributed by atoms with Crippen LogP contribution in [0.1, 0.15) is 117 Å². The summed E-state index contributed by atoms with van der Waals surface area (Å²) in [6.07, 6.45) is 24.4. The zero-order valence-corrected chi connectivity index (χ0v) is 17.9. The maximum atomic E-state index is 5.97. The Kier molecular flexibility index (Phi) is 8.82. The Labute approximate surface area is 164 Å². The molecule has 2 atom stereocenters. The number of hydrogen-bond donors (Lipinski definition) is 0. The Morgan fingerprint density at radius 3 is 1.88 bits per heavy atom. The van der Waals surface area contributed by atoms with E-state index in [4.69, 9.17) is 4.74 Å². The normalized spacial score (nSPS) is 39.0. The highest BCUT2D eigenvalue weighted by Gasteiger charge is 2.35. The first-order valence-electron chi connectivity index (χ1n) is 12.4. The summed E-state index contributed by atoms with van der Waals surface area (Å²) in [4.78, 5) is 0. The topological polar surface area (TPSA) is 9.23 Å². The maximum Gasteiger partial charge on any atom is 0.0577 e. The summed E-state index contributed by atoms with van der Waals surface area (Å²) in [5.41, 5.74) is 0. The zero-order valence-electron chi connectivity index (χ0n) is 17.9. The molecule has 0 bridgehead atoms. The molecule has 3 aliphatic carbocycles. The zero-order chi connectivity index (χ0) is 18.2. The van der Waals surface area contributed by atoms with E-state index < -0.39 is 0 Å². The third kappa shape index (κ3) is 5.98. The molecule has 152 valence electrons. The number of rotatable bonds is 8. The Bertz CT molecular complexity index is 360. The van der Waals surface area contributed by atoms with Gasteiger partial charge < -0.3 is 4.74 Å². The molecule has 0 heterocycles. The van der Waals surface area contributed by atoms with Crippen LogP contribution in [0.25, 0.3) is 0 Å². The number of hydrogen-bond acceptors (Lipinski definition) is 1. The number of unbranched alkanes of at least 4 members (excludes halogenated alkanes) is 2. The molecule has 0 amide bonds. The van der Waals surface area contributed by atoms with Crippen molar-refractivity contribution < 1.29 is 4.74 Å². The molecule has 2 unspecified atom stereocenters. The van der Waals surface area contributed by atoms with Crippen LogP contribution in [-0.4, -0.2) is 12.7 Å². The molecule has 3 rings (SSSR count). The quantitative estimate of drug-likeness (QED) is 0.401. The Hall–Kier alpha value is -0.0400. The molecule has 0 aromatic carbocycles. The minimum atomic E-state index is 0.583. The van der Waals surface area contributed by atoms with Crippen molar-refractivity contribution in [1.82, 2.24) is 0 Å². The van der Waals surface area contributed by atoms with Crippen molar-refractivity contribution >= 4 is 0 Å². The predicted octanol–water partition coefficient (Wildman–Crippen LogP) is 7.77. The van der Waals surface area contributed by atoms with Gasteiger partial charge in [0, 0.05) is 6.61 Å². The van der Waals surface area contributed by atoms with Gasteiger partial charge in [-0.3, -0.25) is 0 Å². The number of ether oxygens (including phenoxy) is 1. The van der Waals surface area contributed by atoms with Gasteiger partial charge in [0.05, 0.1) is 6.10 Å². The summed E-state index contributed by atoms with van der Waals surface area (Å²) >= 11 is 0. The van der Waals surface area contributed by atoms with E-state index >= 15 is 0 Å². The van der Waals surface area contributed by atoms with Crippen LogP contribution in [0.2, 0.25) is 0 Å². The van der Waals surface area contributed by atoms with Crippen molar-refractivity contribution in [1.29, 1.82) is 0 Å². The predicted molar refractivity (Wildman–Crippen MR) is 112 cm³/mol. The molecule has 0 spiro atoms. The third-order valence-electron chi connectivity index (χ3n) is 8.33. The second kappa shape index (κ2) is 11.1. The van der Waals surface area contributed by atoms with Gasteiger partial charge in [0.15, 0.2) is 0 Å². The lowest BCUT2D eigenvalue weighted by Crippen LogP contribution is -2.32. The summed E-state index contributed by atoms with van der Waals surface area (Å²) in [7, 11) is 0. The fourth-order valence-electron chi connectivity index (χ4n) is 6.72. The first-order chi connectivity index (χ1) is 12.8. The highest BCUT2D eigenvalue weighted by molar-refractivity contribution is 4.86. The highest BCUT2D eigenvalue weighted by Crippen LogP contribution is 2.46. The molecule has 0 radical (unpaired) electrons. The Morgan fingerprint density at radius 1 is 0.654 bits per heavy atom. The van der Waals surface area contributed by atoms with Gasteiger partial charge in [-0.25, -0.2) is 0 Å². The molecule has 1 nitrogen and oxygen atoms in total. The lowest BCUT2D eigenvalue weighted by molar-refractivity contribution is 0.00186. The molecule has 0 aromatic heterocycles. The van der Waals surface area contributed by atoms with Crippen molar-refractivity contribution in [3.8, 4) is 0 Å². The largest absolute Gasteiger partial charge is 0.378 e. The van der Waals surface area contributed by atoms with E-state index in [-0.39, 0.29) is 0 Å². The lowest BCUT2D eigenvalue weighted by Gasteiger charge is -2.41. The molecule has 3 saturated carbocycles. The third-order valence-corrected chi connectivity index (χ3v) is 8.33. The van der Waals surface area contributed by atoms with E-state index in [1.54, 1.807) is 38.5 Å². The van der Waals surface area contributed by atoms with Crippen molar-refractivity contribution in [3.63, 3.8) is 0 Å². The van der Waals surface area contributed by atoms with Gasteiger partial charge in [-0.05, 0) is 94.3 Å². The first-order valence-corrected chi connectivity index (χ1v) is 12.4. The van der Waals surface area contributed by atoms with Crippen molar-refractivity contribution in [2.24, 2.45) is 29.6 Å². The van der Waals surface area contributed by atoms with E-state index in [0.29, 0.717) is 6.10 Å². The lowest BCUT2D eigenvalue weighted by atomic mass is 9.65. The van der Waals surface area contributed by atoms with Crippen LogP contribution in [-0.2, 0) is 4.74 Å². The van der Waals surface area contributed by atoms with Crippen LogP contribution < -0.4 is 0 Å². The van der Waals surface area contributed by atoms with E-state index in [2.05, 4.69) is 13.8 Å². The molecule has 0 aromatic rings. The van der Waals surface area contributed by atoms with Crippen LogP contribution >= 0.6 is 0 Å². The van der Waals surface area contributed by atoms with Gasteiger partial charge in [0.2, 0.25) is 0 Å². The second-order valence-electron chi connectivity index (χ2n) is 9.96. The summed E-state index contributed by atoms with van der Waals surface area (Å²) in [5, 5.41) is 0. The Balaban J connectivity index is 1.35. The van der Waals surface area contributed by atoms with Gasteiger partial charge in [0.25, 0.3) is 0 Å². The molecule has 3 fully saturated rings. The minimum absolute atomic E-state index is 0.583. The van der Waals surface area contributed by atoms with E-state index in [1.165, 1.54) is 64.2 Å². The maximum absolute atomic E-state index is 5.97. The fraction of sp³-hybridized carbons (Fsp3) is 1.00. The van der Waals surface area contributed by atoms with Crippen molar-refractivity contribution in [3.05, 3.63) is 0 Å². The summed E-state index contributed by atoms with van der Waals surface area (Å²) in [5.74, 6) is 5.25. The summed E-state index contributed by atoms with van der Waals surface area (Å²) in [6.45, 7) is 5.40. The summed E-state index contributed by atoms with van der Waals surface area (Å²) in [6, 6.07) is 0. The molecule has 3 aliphatic rings. The first kappa shape index (κ1) is 20.7. The average molecular weight is 363 g/mol. The SMILES string of the molecule is CCCCCC1CCC(C2CCC(C3CCCC(OCC)C3)CC2)CC1. The van der Waals surface area contributed by atoms with Crippen LogP contribution in [0.5, 0.6) is 0 Å². The molecule has 26 heavy (non-hydrogen) atoms. The van der Waals surface area contributed by atoms with Gasteiger partial charge in [0.1, 0.15) is 0 Å². The fourth-order valence-corrected chi connectivity index (χ4v) is 6.72. The summed E-state index contributed by atoms with van der Waals surface area (Å²) < 4.78 is 5.97. The van der Waals surface area contributed by atoms with E-state index in [0.717, 1.165) is 36.2 Å². The Morgan fingerprint density at radius 2 is 1.27 bits per heavy atom. The van der Waals surface area contributed by atoms with Gasteiger partial charge in [-0.1, -0.05) is 51.9 Å². The highest BCUT2D eigenvalue weighted by atomic mass is 16.5. The van der Waals surface area contributed by atoms with E-state index in [1.807, 2.05) is 0 Å². The molecular formula is C25H46O. The van der Waals surface area contributed by atoms with E-state index in [9.17, 15) is 0 Å². The van der Waals surface area contributed by atoms with Crippen LogP contribution in [0, 0.1) is 29.6 Å². The monoisotopic (exact) mass is 362 g/mol. The average Bonchev–Trinajstić information content (AvgIpc) is 2.69. The standard InChI is InChI=1S/C25H46O/c1-3-5-6-8-20-11-13-21(14-12-20)22-15-17-23(18-16-22)24-9-7-10-25(19-24)26-4-2/h20-25H,3-19H2,1-2H3. The molecular weight excluding hydrogens is 316 g/mol. The minimum Gasteiger partial charge on any atom is -0.378 e. The second-order valence-corrected chi connectivity index (χ2v) is 9.96. The van der Waals surface area contributed by atoms with Crippen molar-refractivity contribution in [2.45, 2.75) is 123 Å². The molecule has 0 N–H and O–H groups in total. The molecule has 1 heteroatoms. The molecule has 0 aliphatic heterocycles. The van der Waals surface area contributed by atoms with Crippen LogP contribution in [0.4, 0.5) is 0 Å². The van der Waals surface area contributed by atoms with Crippen LogP contribution in [0.15, 0.2) is 0 Å². The van der Waals surface area contributed by atoms with Crippen molar-refractivity contribution in [2.75, 3.05) is 6.61 Å². The van der Waals surface area contributed by atoms with Gasteiger partial charge >= 0.3 is 0 Å². The smallest absolute Gasteiger partial charge is 0.0577 e. The van der Waals surface area contributed by atoms with Gasteiger partial charge in [-0.15, -0.1) is 0 Å². The van der Waals surface area contributed by atoms with Gasteiger partial charge in [-0.2, -0.15) is 0 Å². The van der Waals surface area contributed by atoms with Crippen LogP contribution in [0.3, 0.4) is 0 Å².